The van der Waals surface area contributed by atoms with Crippen LogP contribution in [-0.2, 0) is 0 Å². The van der Waals surface area contributed by atoms with E-state index < -0.39 is 0 Å². The summed E-state index contributed by atoms with van der Waals surface area (Å²) in [5.74, 6) is 0.209. The molecule has 3 heterocycles. The van der Waals surface area contributed by atoms with E-state index in [0.29, 0.717) is 18.0 Å². The molecule has 0 unspecified atom stereocenters. The fourth-order valence-corrected chi connectivity index (χ4v) is 3.29. The first-order valence-corrected chi connectivity index (χ1v) is 8.14. The molecule has 0 saturated carbocycles. The highest BCUT2D eigenvalue weighted by atomic mass is 32.1. The van der Waals surface area contributed by atoms with E-state index in [0.717, 1.165) is 18.5 Å². The monoisotopic (exact) mass is 329 g/mol. The molecule has 1 amide bonds. The van der Waals surface area contributed by atoms with Crippen LogP contribution >= 0.6 is 11.3 Å². The number of aryl methyl sites for hydroxylation is 1. The third-order valence-electron chi connectivity index (χ3n) is 3.65. The van der Waals surface area contributed by atoms with Gasteiger partial charge in [-0.25, -0.2) is 15.0 Å². The van der Waals surface area contributed by atoms with E-state index >= 15 is 0 Å². The minimum Gasteiger partial charge on any atom is -0.470 e. The van der Waals surface area contributed by atoms with E-state index in [2.05, 4.69) is 15.0 Å². The summed E-state index contributed by atoms with van der Waals surface area (Å²) >= 11 is 1.35. The highest BCUT2D eigenvalue weighted by Crippen LogP contribution is 2.22. The Morgan fingerprint density at radius 2 is 2.26 bits per heavy atom. The maximum Gasteiger partial charge on any atom is 0.265 e. The smallest absolute Gasteiger partial charge is 0.265 e. The first-order valence-electron chi connectivity index (χ1n) is 7.26. The Kier molecular flexibility index (Phi) is 4.48. The van der Waals surface area contributed by atoms with E-state index in [1.807, 2.05) is 13.0 Å². The summed E-state index contributed by atoms with van der Waals surface area (Å²) in [6.45, 7) is 3.00. The highest BCUT2D eigenvalue weighted by molar-refractivity contribution is 7.11. The zero-order valence-electron chi connectivity index (χ0n) is 12.6. The van der Waals surface area contributed by atoms with Gasteiger partial charge in [0.05, 0.1) is 17.7 Å². The SMILES string of the molecule is Cc1ncsc1C(=O)N1CCC[C@@H](Oc2nccnc2C#N)C1. The second-order valence-electron chi connectivity index (χ2n) is 5.22. The summed E-state index contributed by atoms with van der Waals surface area (Å²) in [5.41, 5.74) is 2.59. The third kappa shape index (κ3) is 3.29. The molecule has 1 aliphatic heterocycles. The van der Waals surface area contributed by atoms with E-state index in [4.69, 9.17) is 10.00 Å². The summed E-state index contributed by atoms with van der Waals surface area (Å²) in [6.07, 6.45) is 4.41. The second kappa shape index (κ2) is 6.71. The van der Waals surface area contributed by atoms with Crippen LogP contribution in [0.15, 0.2) is 17.9 Å². The summed E-state index contributed by atoms with van der Waals surface area (Å²) in [5, 5.41) is 9.04. The molecule has 0 N–H and O–H groups in total. The van der Waals surface area contributed by atoms with E-state index in [1.165, 1.54) is 23.7 Å². The molecule has 0 bridgehead atoms. The number of nitrogens with zero attached hydrogens (tertiary/aromatic N) is 5. The zero-order chi connectivity index (χ0) is 16.2. The lowest BCUT2D eigenvalue weighted by Gasteiger charge is -2.32. The molecule has 7 nitrogen and oxygen atoms in total. The molecule has 1 saturated heterocycles. The average Bonchev–Trinajstić information content (AvgIpc) is 3.01. The van der Waals surface area contributed by atoms with Gasteiger partial charge in [-0.1, -0.05) is 0 Å². The number of hydrogen-bond donors (Lipinski definition) is 0. The van der Waals surface area contributed by atoms with Gasteiger partial charge >= 0.3 is 0 Å². The van der Waals surface area contributed by atoms with E-state index in [-0.39, 0.29) is 23.6 Å². The van der Waals surface area contributed by atoms with Gasteiger partial charge in [0.25, 0.3) is 11.8 Å². The Morgan fingerprint density at radius 1 is 1.43 bits per heavy atom. The van der Waals surface area contributed by atoms with Crippen molar-refractivity contribution in [3.8, 4) is 11.9 Å². The van der Waals surface area contributed by atoms with Crippen molar-refractivity contribution in [3.63, 3.8) is 0 Å². The number of carbonyl (C=O) groups is 1. The number of hydrogen-bond acceptors (Lipinski definition) is 7. The van der Waals surface area contributed by atoms with Gasteiger partial charge in [-0.3, -0.25) is 4.79 Å². The lowest BCUT2D eigenvalue weighted by molar-refractivity contribution is 0.0529. The molecule has 2 aromatic rings. The zero-order valence-corrected chi connectivity index (χ0v) is 13.4. The fraction of sp³-hybridized carbons (Fsp3) is 0.400. The Bertz CT molecular complexity index is 754. The van der Waals surface area contributed by atoms with Crippen molar-refractivity contribution in [2.45, 2.75) is 25.9 Å². The van der Waals surface area contributed by atoms with Crippen LogP contribution in [0.3, 0.4) is 0 Å². The summed E-state index contributed by atoms with van der Waals surface area (Å²) in [6, 6.07) is 1.96. The molecule has 0 spiro atoms. The quantitative estimate of drug-likeness (QED) is 0.852. The number of ether oxygens (including phenoxy) is 1. The van der Waals surface area contributed by atoms with Crippen molar-refractivity contribution in [3.05, 3.63) is 34.2 Å². The Balaban J connectivity index is 1.70. The lowest BCUT2D eigenvalue weighted by atomic mass is 10.1. The number of thiazole rings is 1. The normalized spacial score (nSPS) is 17.6. The number of nitriles is 1. The first-order chi connectivity index (χ1) is 11.2. The van der Waals surface area contributed by atoms with Gasteiger partial charge in [0.1, 0.15) is 17.1 Å². The molecule has 3 rings (SSSR count). The minimum absolute atomic E-state index is 0.0158. The van der Waals surface area contributed by atoms with Crippen LogP contribution in [-0.4, -0.2) is 45.0 Å². The molecule has 1 atom stereocenters. The van der Waals surface area contributed by atoms with Gasteiger partial charge in [0.15, 0.2) is 0 Å². The summed E-state index contributed by atoms with van der Waals surface area (Å²) < 4.78 is 5.80. The maximum absolute atomic E-state index is 12.6. The van der Waals surface area contributed by atoms with Crippen LogP contribution in [0.1, 0.15) is 33.9 Å². The molecule has 2 aromatic heterocycles. The van der Waals surface area contributed by atoms with Crippen LogP contribution < -0.4 is 4.74 Å². The average molecular weight is 329 g/mol. The summed E-state index contributed by atoms with van der Waals surface area (Å²) in [7, 11) is 0. The summed E-state index contributed by atoms with van der Waals surface area (Å²) in [4.78, 5) is 27.1. The topological polar surface area (TPSA) is 92.0 Å². The van der Waals surface area contributed by atoms with Gasteiger partial charge in [0.2, 0.25) is 5.69 Å². The molecular weight excluding hydrogens is 314 g/mol. The highest BCUT2D eigenvalue weighted by Gasteiger charge is 2.28. The van der Waals surface area contributed by atoms with Crippen molar-refractivity contribution in [1.29, 1.82) is 5.26 Å². The number of likely N-dealkylation sites (tertiary alicyclic amines) is 1. The number of aromatic nitrogens is 3. The van der Waals surface area contributed by atoms with Crippen LogP contribution in [0, 0.1) is 18.3 Å². The fourth-order valence-electron chi connectivity index (χ4n) is 2.52. The molecule has 118 valence electrons. The van der Waals surface area contributed by atoms with Crippen LogP contribution in [0.4, 0.5) is 0 Å². The van der Waals surface area contributed by atoms with Crippen molar-refractivity contribution in [1.82, 2.24) is 19.9 Å². The maximum atomic E-state index is 12.6. The van der Waals surface area contributed by atoms with Gasteiger partial charge in [-0.15, -0.1) is 11.3 Å². The molecular formula is C15H15N5O2S. The predicted octanol–water partition coefficient (Wildman–Crippen LogP) is 1.80. The van der Waals surface area contributed by atoms with Crippen LogP contribution in [0.5, 0.6) is 5.88 Å². The Morgan fingerprint density at radius 3 is 3.00 bits per heavy atom. The second-order valence-corrected chi connectivity index (χ2v) is 6.08. The van der Waals surface area contributed by atoms with Crippen molar-refractivity contribution in [2.75, 3.05) is 13.1 Å². The van der Waals surface area contributed by atoms with Gasteiger partial charge in [-0.05, 0) is 19.8 Å². The number of piperidine rings is 1. The molecule has 0 radical (unpaired) electrons. The standard InChI is InChI=1S/C15H15N5O2S/c1-10-13(23-9-19-10)15(21)20-6-2-3-11(8-20)22-14-12(7-16)17-4-5-18-14/h4-5,9,11H,2-3,6,8H2,1H3/t11-/m1/s1. The van der Waals surface area contributed by atoms with Crippen LogP contribution in [0.25, 0.3) is 0 Å². The minimum atomic E-state index is -0.190. The van der Waals surface area contributed by atoms with Gasteiger partial charge < -0.3 is 9.64 Å². The van der Waals surface area contributed by atoms with Crippen molar-refractivity contribution in [2.24, 2.45) is 0 Å². The Labute approximate surface area is 137 Å². The van der Waals surface area contributed by atoms with Crippen molar-refractivity contribution >= 4 is 17.2 Å². The van der Waals surface area contributed by atoms with Crippen molar-refractivity contribution < 1.29 is 9.53 Å². The number of amides is 1. The molecule has 0 aliphatic carbocycles. The lowest BCUT2D eigenvalue weighted by Crippen LogP contribution is -2.44. The molecule has 8 heteroatoms. The van der Waals surface area contributed by atoms with E-state index in [1.54, 1.807) is 10.4 Å². The number of carbonyl (C=O) groups excluding carboxylic acids is 1. The van der Waals surface area contributed by atoms with Gasteiger partial charge in [0, 0.05) is 18.9 Å². The molecule has 23 heavy (non-hydrogen) atoms. The van der Waals surface area contributed by atoms with Crippen LogP contribution in [0.2, 0.25) is 0 Å². The largest absolute Gasteiger partial charge is 0.470 e. The molecule has 0 aromatic carbocycles. The number of rotatable bonds is 3. The Hall–Kier alpha value is -2.53. The first kappa shape index (κ1) is 15.4. The predicted molar refractivity (Wildman–Crippen MR) is 83.2 cm³/mol. The third-order valence-corrected chi connectivity index (χ3v) is 4.57. The van der Waals surface area contributed by atoms with E-state index in [9.17, 15) is 4.79 Å². The molecule has 1 fully saturated rings. The molecule has 1 aliphatic rings. The van der Waals surface area contributed by atoms with Gasteiger partial charge in [-0.2, -0.15) is 5.26 Å².